The largest absolute Gasteiger partial charge is 0.272 e. The van der Waals surface area contributed by atoms with Crippen LogP contribution in [0.2, 0.25) is 0 Å². The molecule has 0 saturated heterocycles. The number of rotatable bonds is 1. The van der Waals surface area contributed by atoms with E-state index in [1.807, 2.05) is 0 Å². The molecule has 0 aliphatic carbocycles. The Kier molecular flexibility index (Phi) is 2.38. The molecule has 0 radical (unpaired) electrons. The molecule has 0 N–H and O–H groups in total. The first kappa shape index (κ1) is 8.64. The first-order valence-electron chi connectivity index (χ1n) is 3.33. The fourth-order valence-corrected chi connectivity index (χ4v) is 0.754. The van der Waals surface area contributed by atoms with Crippen molar-refractivity contribution in [3.8, 4) is 0 Å². The molecule has 0 aromatic heterocycles. The standard InChI is InChI=1S/C8H7F2NO/c1-6(12)11(10)8-4-2-7(9)3-5-8/h2-5H,1H3. The lowest BCUT2D eigenvalue weighted by atomic mass is 10.3. The highest BCUT2D eigenvalue weighted by Gasteiger charge is 2.08. The zero-order valence-electron chi connectivity index (χ0n) is 6.42. The van der Waals surface area contributed by atoms with Gasteiger partial charge in [0.2, 0.25) is 0 Å². The van der Waals surface area contributed by atoms with E-state index in [0.29, 0.717) is 0 Å². The van der Waals surface area contributed by atoms with Gasteiger partial charge in [-0.05, 0) is 24.3 Å². The summed E-state index contributed by atoms with van der Waals surface area (Å²) < 4.78 is 25.1. The number of nitrogens with zero attached hydrogens (tertiary/aromatic N) is 1. The molecule has 1 amide bonds. The molecule has 0 saturated carbocycles. The third kappa shape index (κ3) is 1.78. The lowest BCUT2D eigenvalue weighted by molar-refractivity contribution is -0.119. The second kappa shape index (κ2) is 3.30. The summed E-state index contributed by atoms with van der Waals surface area (Å²) in [7, 11) is 0. The van der Waals surface area contributed by atoms with Crippen LogP contribution in [0.5, 0.6) is 0 Å². The molecule has 0 spiro atoms. The predicted molar refractivity (Wildman–Crippen MR) is 40.7 cm³/mol. The van der Waals surface area contributed by atoms with Crippen LogP contribution in [-0.4, -0.2) is 5.91 Å². The first-order valence-corrected chi connectivity index (χ1v) is 3.33. The van der Waals surface area contributed by atoms with Crippen molar-refractivity contribution in [1.29, 1.82) is 0 Å². The number of carbonyl (C=O) groups is 1. The fourth-order valence-electron chi connectivity index (χ4n) is 0.754. The maximum atomic E-state index is 12.8. The number of halogens is 2. The maximum Gasteiger partial charge on any atom is 0.251 e. The van der Waals surface area contributed by atoms with Gasteiger partial charge in [0, 0.05) is 6.92 Å². The molecular weight excluding hydrogens is 164 g/mol. The van der Waals surface area contributed by atoms with Crippen LogP contribution >= 0.6 is 0 Å². The summed E-state index contributed by atoms with van der Waals surface area (Å²) in [5, 5.41) is -0.0422. The number of amides is 1. The van der Waals surface area contributed by atoms with Crippen molar-refractivity contribution in [3.05, 3.63) is 30.1 Å². The molecule has 0 aliphatic heterocycles. The minimum Gasteiger partial charge on any atom is -0.272 e. The summed E-state index contributed by atoms with van der Waals surface area (Å²) in [5.41, 5.74) is 0.0314. The third-order valence-electron chi connectivity index (χ3n) is 1.33. The summed E-state index contributed by atoms with van der Waals surface area (Å²) in [4.78, 5) is 10.5. The van der Waals surface area contributed by atoms with E-state index in [4.69, 9.17) is 0 Å². The van der Waals surface area contributed by atoms with Gasteiger partial charge < -0.3 is 0 Å². The van der Waals surface area contributed by atoms with Crippen LogP contribution in [0.15, 0.2) is 24.3 Å². The highest BCUT2D eigenvalue weighted by molar-refractivity contribution is 5.88. The first-order chi connectivity index (χ1) is 5.61. The van der Waals surface area contributed by atoms with E-state index < -0.39 is 11.7 Å². The Morgan fingerprint density at radius 1 is 1.33 bits per heavy atom. The monoisotopic (exact) mass is 171 g/mol. The molecule has 64 valence electrons. The average Bonchev–Trinajstić information content (AvgIpc) is 2.04. The Balaban J connectivity index is 2.89. The van der Waals surface area contributed by atoms with Gasteiger partial charge >= 0.3 is 0 Å². The van der Waals surface area contributed by atoms with Crippen LogP contribution in [0.3, 0.4) is 0 Å². The van der Waals surface area contributed by atoms with Crippen molar-refractivity contribution in [2.75, 3.05) is 5.12 Å². The van der Waals surface area contributed by atoms with Gasteiger partial charge in [-0.25, -0.2) is 4.39 Å². The van der Waals surface area contributed by atoms with Gasteiger partial charge in [0.1, 0.15) is 5.82 Å². The van der Waals surface area contributed by atoms with Gasteiger partial charge in [-0.3, -0.25) is 4.79 Å². The highest BCUT2D eigenvalue weighted by Crippen LogP contribution is 2.14. The van der Waals surface area contributed by atoms with E-state index in [9.17, 15) is 13.7 Å². The molecule has 1 aromatic carbocycles. The Labute approximate surface area is 68.3 Å². The van der Waals surface area contributed by atoms with E-state index in [1.165, 1.54) is 12.1 Å². The second-order valence-electron chi connectivity index (χ2n) is 2.28. The zero-order valence-corrected chi connectivity index (χ0v) is 6.42. The minimum atomic E-state index is -0.735. The molecule has 12 heavy (non-hydrogen) atoms. The maximum absolute atomic E-state index is 12.8. The molecule has 2 nitrogen and oxygen atoms in total. The summed E-state index contributed by atoms with van der Waals surface area (Å²) in [5.74, 6) is -1.20. The minimum absolute atomic E-state index is 0.0314. The van der Waals surface area contributed by atoms with Crippen LogP contribution in [-0.2, 0) is 4.79 Å². The van der Waals surface area contributed by atoms with Crippen molar-refractivity contribution in [1.82, 2.24) is 0 Å². The summed E-state index contributed by atoms with van der Waals surface area (Å²) >= 11 is 0. The highest BCUT2D eigenvalue weighted by atomic mass is 19.2. The van der Waals surface area contributed by atoms with Gasteiger partial charge in [0.05, 0.1) is 5.69 Å². The van der Waals surface area contributed by atoms with Gasteiger partial charge in [0.25, 0.3) is 5.91 Å². The van der Waals surface area contributed by atoms with Crippen LogP contribution in [0.25, 0.3) is 0 Å². The molecule has 0 aliphatic rings. The number of carbonyl (C=O) groups excluding carboxylic acids is 1. The van der Waals surface area contributed by atoms with Crippen molar-refractivity contribution in [2.45, 2.75) is 6.92 Å². The quantitative estimate of drug-likeness (QED) is 0.592. The fraction of sp³-hybridized carbons (Fsp3) is 0.125. The molecule has 1 aromatic rings. The lowest BCUT2D eigenvalue weighted by Crippen LogP contribution is -2.17. The molecule has 0 unspecified atom stereocenters. The SMILES string of the molecule is CC(=O)N(F)c1ccc(F)cc1. The normalized spacial score (nSPS) is 9.58. The van der Waals surface area contributed by atoms with Crippen molar-refractivity contribution in [3.63, 3.8) is 0 Å². The number of hydrogen-bond acceptors (Lipinski definition) is 1. The Morgan fingerprint density at radius 2 is 1.83 bits per heavy atom. The van der Waals surface area contributed by atoms with Crippen LogP contribution in [0, 0.1) is 5.82 Å². The van der Waals surface area contributed by atoms with E-state index in [0.717, 1.165) is 19.1 Å². The van der Waals surface area contributed by atoms with E-state index >= 15 is 0 Å². The third-order valence-corrected chi connectivity index (χ3v) is 1.33. The van der Waals surface area contributed by atoms with Crippen LogP contribution in [0.4, 0.5) is 14.6 Å². The summed E-state index contributed by atoms with van der Waals surface area (Å²) in [6.45, 7) is 1.09. The average molecular weight is 171 g/mol. The van der Waals surface area contributed by atoms with Gasteiger partial charge in [-0.2, -0.15) is 0 Å². The van der Waals surface area contributed by atoms with E-state index in [2.05, 4.69) is 0 Å². The van der Waals surface area contributed by atoms with Crippen molar-refractivity contribution in [2.24, 2.45) is 0 Å². The Hall–Kier alpha value is -1.45. The topological polar surface area (TPSA) is 20.3 Å². The van der Waals surface area contributed by atoms with Crippen molar-refractivity contribution >= 4 is 11.6 Å². The van der Waals surface area contributed by atoms with E-state index in [-0.39, 0.29) is 10.8 Å². The Bertz CT molecular complexity index is 284. The molecule has 0 atom stereocenters. The molecule has 0 heterocycles. The van der Waals surface area contributed by atoms with Gasteiger partial charge in [-0.15, -0.1) is 5.12 Å². The summed E-state index contributed by atoms with van der Waals surface area (Å²) in [6.07, 6.45) is 0. The molecule has 4 heteroatoms. The Morgan fingerprint density at radius 3 is 2.25 bits per heavy atom. The molecular formula is C8H7F2NO. The van der Waals surface area contributed by atoms with Gasteiger partial charge in [-0.1, -0.05) is 4.48 Å². The van der Waals surface area contributed by atoms with E-state index in [1.54, 1.807) is 0 Å². The summed E-state index contributed by atoms with van der Waals surface area (Å²) in [6, 6.07) is 4.56. The van der Waals surface area contributed by atoms with Crippen LogP contribution < -0.4 is 5.12 Å². The predicted octanol–water partition coefficient (Wildman–Crippen LogP) is 2.06. The number of benzene rings is 1. The number of hydrogen-bond donors (Lipinski definition) is 0. The smallest absolute Gasteiger partial charge is 0.251 e. The zero-order chi connectivity index (χ0) is 9.14. The second-order valence-corrected chi connectivity index (χ2v) is 2.28. The molecule has 1 rings (SSSR count). The van der Waals surface area contributed by atoms with Gasteiger partial charge in [0.15, 0.2) is 0 Å². The molecule has 0 fully saturated rings. The lowest BCUT2D eigenvalue weighted by Gasteiger charge is -2.07. The van der Waals surface area contributed by atoms with Crippen LogP contribution in [0.1, 0.15) is 6.92 Å². The molecule has 0 bridgehead atoms. The number of anilines is 1. The van der Waals surface area contributed by atoms with Crippen molar-refractivity contribution < 1.29 is 13.7 Å².